The molecule has 5 nitrogen and oxygen atoms in total. The van der Waals surface area contributed by atoms with Crippen LogP contribution in [0, 0.1) is 0 Å². The van der Waals surface area contributed by atoms with Crippen LogP contribution in [-0.2, 0) is 6.54 Å². The molecular formula is C26H30ClN3O2. The van der Waals surface area contributed by atoms with Crippen molar-refractivity contribution in [1.29, 1.82) is 0 Å². The number of carbonyl (C=O) groups is 1. The number of ether oxygens (including phenoxy) is 1. The zero-order valence-corrected chi connectivity index (χ0v) is 19.8. The van der Waals surface area contributed by atoms with E-state index in [9.17, 15) is 4.79 Å². The van der Waals surface area contributed by atoms with Crippen molar-refractivity contribution in [1.82, 2.24) is 9.80 Å². The molecule has 3 aromatic carbocycles. The summed E-state index contributed by atoms with van der Waals surface area (Å²) < 4.78 is 5.59. The zero-order chi connectivity index (χ0) is 23.1. The standard InChI is InChI=1S/C26H30ClN3O2/c1-29(2)14-15-30(3)18-22-16-21(10-13-25(22)32-4)20-6-5-7-24(17-20)28-26(31)19-8-11-23(27)12-9-19/h5-13,16-17H,14-15,18H2,1-4H3,(H,28,31). The van der Waals surface area contributed by atoms with Crippen molar-refractivity contribution in [2.24, 2.45) is 0 Å². The fraction of sp³-hybridized carbons (Fsp3) is 0.269. The maximum atomic E-state index is 12.6. The Morgan fingerprint density at radius 1 is 0.938 bits per heavy atom. The number of hydrogen-bond acceptors (Lipinski definition) is 4. The van der Waals surface area contributed by atoms with Gasteiger partial charge in [-0.3, -0.25) is 4.79 Å². The second-order valence-electron chi connectivity index (χ2n) is 8.11. The number of nitrogens with zero attached hydrogens (tertiary/aromatic N) is 2. The van der Waals surface area contributed by atoms with Crippen molar-refractivity contribution in [3.8, 4) is 16.9 Å². The summed E-state index contributed by atoms with van der Waals surface area (Å²) in [7, 11) is 7.97. The van der Waals surface area contributed by atoms with Gasteiger partial charge in [-0.05, 0) is 80.8 Å². The molecule has 168 valence electrons. The molecule has 0 radical (unpaired) electrons. The lowest BCUT2D eigenvalue weighted by Crippen LogP contribution is -2.28. The van der Waals surface area contributed by atoms with Gasteiger partial charge in [0.25, 0.3) is 5.91 Å². The molecular weight excluding hydrogens is 422 g/mol. The van der Waals surface area contributed by atoms with E-state index in [4.69, 9.17) is 16.3 Å². The van der Waals surface area contributed by atoms with Crippen LogP contribution in [0.15, 0.2) is 66.7 Å². The molecule has 0 aliphatic rings. The summed E-state index contributed by atoms with van der Waals surface area (Å²) in [5.41, 5.74) is 4.53. The van der Waals surface area contributed by atoms with E-state index in [0.717, 1.165) is 47.8 Å². The summed E-state index contributed by atoms with van der Waals surface area (Å²) in [6.45, 7) is 2.75. The van der Waals surface area contributed by atoms with Crippen molar-refractivity contribution in [2.45, 2.75) is 6.54 Å². The second-order valence-corrected chi connectivity index (χ2v) is 8.55. The van der Waals surface area contributed by atoms with Crippen LogP contribution in [0.4, 0.5) is 5.69 Å². The molecule has 0 aliphatic carbocycles. The van der Waals surface area contributed by atoms with Crippen LogP contribution in [0.2, 0.25) is 5.02 Å². The average Bonchev–Trinajstić information content (AvgIpc) is 2.78. The van der Waals surface area contributed by atoms with Crippen molar-refractivity contribution in [3.63, 3.8) is 0 Å². The van der Waals surface area contributed by atoms with Crippen LogP contribution in [0.1, 0.15) is 15.9 Å². The van der Waals surface area contributed by atoms with Gasteiger partial charge >= 0.3 is 0 Å². The summed E-state index contributed by atoms with van der Waals surface area (Å²) in [4.78, 5) is 17.0. The van der Waals surface area contributed by atoms with Gasteiger partial charge in [0.1, 0.15) is 5.75 Å². The minimum atomic E-state index is -0.170. The van der Waals surface area contributed by atoms with E-state index in [1.165, 1.54) is 0 Å². The third-order valence-corrected chi connectivity index (χ3v) is 5.46. The number of anilines is 1. The van der Waals surface area contributed by atoms with Crippen LogP contribution < -0.4 is 10.1 Å². The van der Waals surface area contributed by atoms with Gasteiger partial charge in [0.2, 0.25) is 0 Å². The van der Waals surface area contributed by atoms with Crippen LogP contribution in [0.5, 0.6) is 5.75 Å². The summed E-state index contributed by atoms with van der Waals surface area (Å²) in [6.07, 6.45) is 0. The van der Waals surface area contributed by atoms with Crippen molar-refractivity contribution >= 4 is 23.2 Å². The van der Waals surface area contributed by atoms with Gasteiger partial charge in [-0.15, -0.1) is 0 Å². The minimum absolute atomic E-state index is 0.170. The molecule has 3 rings (SSSR count). The van der Waals surface area contributed by atoms with E-state index in [2.05, 4.69) is 42.3 Å². The minimum Gasteiger partial charge on any atom is -0.496 e. The number of nitrogens with one attached hydrogen (secondary N) is 1. The maximum absolute atomic E-state index is 12.6. The van der Waals surface area contributed by atoms with Gasteiger partial charge in [-0.2, -0.15) is 0 Å². The number of carbonyl (C=O) groups excluding carboxylic acids is 1. The zero-order valence-electron chi connectivity index (χ0n) is 19.1. The Morgan fingerprint density at radius 2 is 1.66 bits per heavy atom. The van der Waals surface area contributed by atoms with Gasteiger partial charge in [-0.25, -0.2) is 0 Å². The van der Waals surface area contributed by atoms with Gasteiger partial charge < -0.3 is 19.9 Å². The molecule has 0 aliphatic heterocycles. The number of likely N-dealkylation sites (N-methyl/N-ethyl adjacent to an activating group) is 2. The molecule has 1 amide bonds. The molecule has 32 heavy (non-hydrogen) atoms. The number of methoxy groups -OCH3 is 1. The first kappa shape index (κ1) is 23.8. The molecule has 0 heterocycles. The molecule has 0 saturated carbocycles. The lowest BCUT2D eigenvalue weighted by molar-refractivity contribution is 0.102. The van der Waals surface area contributed by atoms with Crippen molar-refractivity contribution in [3.05, 3.63) is 82.9 Å². The Hall–Kier alpha value is -2.86. The topological polar surface area (TPSA) is 44.8 Å². The van der Waals surface area contributed by atoms with E-state index >= 15 is 0 Å². The predicted octanol–water partition coefficient (Wildman–Crippen LogP) is 5.26. The molecule has 0 atom stereocenters. The van der Waals surface area contributed by atoms with E-state index in [-0.39, 0.29) is 5.91 Å². The molecule has 0 bridgehead atoms. The first-order chi connectivity index (χ1) is 15.4. The van der Waals surface area contributed by atoms with Gasteiger partial charge in [-0.1, -0.05) is 29.8 Å². The number of amides is 1. The van der Waals surface area contributed by atoms with Crippen molar-refractivity contribution in [2.75, 3.05) is 46.7 Å². The molecule has 0 spiro atoms. The Morgan fingerprint density at radius 3 is 2.34 bits per heavy atom. The van der Waals surface area contributed by atoms with Crippen LogP contribution in [0.3, 0.4) is 0 Å². The maximum Gasteiger partial charge on any atom is 0.255 e. The highest BCUT2D eigenvalue weighted by atomic mass is 35.5. The molecule has 3 aromatic rings. The molecule has 0 aromatic heterocycles. The first-order valence-electron chi connectivity index (χ1n) is 10.5. The van der Waals surface area contributed by atoms with Crippen LogP contribution in [0.25, 0.3) is 11.1 Å². The second kappa shape index (κ2) is 11.1. The Balaban J connectivity index is 1.78. The van der Waals surface area contributed by atoms with Gasteiger partial charge in [0, 0.05) is 41.5 Å². The Kier molecular flexibility index (Phi) is 8.28. The Bertz CT molecular complexity index is 1050. The predicted molar refractivity (Wildman–Crippen MR) is 133 cm³/mol. The normalized spacial score (nSPS) is 11.1. The fourth-order valence-corrected chi connectivity index (χ4v) is 3.53. The summed E-state index contributed by atoms with van der Waals surface area (Å²) in [5.74, 6) is 0.703. The monoisotopic (exact) mass is 451 g/mol. The first-order valence-corrected chi connectivity index (χ1v) is 10.9. The van der Waals surface area contributed by atoms with Crippen LogP contribution in [-0.4, -0.2) is 57.0 Å². The van der Waals surface area contributed by atoms with E-state index in [1.54, 1.807) is 31.4 Å². The lowest BCUT2D eigenvalue weighted by atomic mass is 10.0. The van der Waals surface area contributed by atoms with Crippen molar-refractivity contribution < 1.29 is 9.53 Å². The number of halogens is 1. The van der Waals surface area contributed by atoms with Crippen LogP contribution >= 0.6 is 11.6 Å². The quantitative estimate of drug-likeness (QED) is 0.482. The summed E-state index contributed by atoms with van der Waals surface area (Å²) in [5, 5.41) is 3.57. The molecule has 0 saturated heterocycles. The third kappa shape index (κ3) is 6.57. The number of benzene rings is 3. The number of rotatable bonds is 9. The lowest BCUT2D eigenvalue weighted by Gasteiger charge is -2.21. The molecule has 6 heteroatoms. The third-order valence-electron chi connectivity index (χ3n) is 5.21. The van der Waals surface area contributed by atoms with E-state index in [1.807, 2.05) is 36.4 Å². The fourth-order valence-electron chi connectivity index (χ4n) is 3.40. The highest BCUT2D eigenvalue weighted by molar-refractivity contribution is 6.30. The SMILES string of the molecule is COc1ccc(-c2cccc(NC(=O)c3ccc(Cl)cc3)c2)cc1CN(C)CCN(C)C. The Labute approximate surface area is 195 Å². The summed E-state index contributed by atoms with van der Waals surface area (Å²) in [6, 6.07) is 20.9. The van der Waals surface area contributed by atoms with E-state index in [0.29, 0.717) is 10.6 Å². The molecule has 0 fully saturated rings. The highest BCUT2D eigenvalue weighted by Gasteiger charge is 2.11. The smallest absolute Gasteiger partial charge is 0.255 e. The molecule has 1 N–H and O–H groups in total. The number of hydrogen-bond donors (Lipinski definition) is 1. The average molecular weight is 452 g/mol. The summed E-state index contributed by atoms with van der Waals surface area (Å²) >= 11 is 5.92. The molecule has 0 unspecified atom stereocenters. The highest BCUT2D eigenvalue weighted by Crippen LogP contribution is 2.29. The van der Waals surface area contributed by atoms with Gasteiger partial charge in [0.05, 0.1) is 7.11 Å². The van der Waals surface area contributed by atoms with Gasteiger partial charge in [0.15, 0.2) is 0 Å². The van der Waals surface area contributed by atoms with E-state index < -0.39 is 0 Å². The largest absolute Gasteiger partial charge is 0.496 e.